The van der Waals surface area contributed by atoms with Gasteiger partial charge in [0.1, 0.15) is 0 Å². The zero-order valence-corrected chi connectivity index (χ0v) is 20.1. The average Bonchev–Trinajstić information content (AvgIpc) is 2.87. The topological polar surface area (TPSA) is 65.5 Å². The molecule has 0 bridgehead atoms. The van der Waals surface area contributed by atoms with E-state index < -0.39 is 12.8 Å². The number of pyridine rings is 1. The lowest BCUT2D eigenvalue weighted by molar-refractivity contribution is 0.0331. The van der Waals surface area contributed by atoms with E-state index in [9.17, 15) is 9.36 Å². The molecule has 0 saturated carbocycles. The number of benzene rings is 3. The first-order valence-electron chi connectivity index (χ1n) is 11.3. The number of ketones is 1. The number of aromatic nitrogens is 1. The summed E-state index contributed by atoms with van der Waals surface area (Å²) in [5, 5.41) is -0.846. The summed E-state index contributed by atoms with van der Waals surface area (Å²) in [6, 6.07) is 29.3. The molecule has 1 aromatic heterocycles. The maximum atomic E-state index is 14.8. The van der Waals surface area contributed by atoms with Gasteiger partial charge < -0.3 is 9.05 Å². The number of rotatable bonds is 5. The molecular weight excluding hydrogens is 445 g/mol. The number of para-hydroxylation sites is 1. The van der Waals surface area contributed by atoms with E-state index in [-0.39, 0.29) is 24.4 Å². The van der Waals surface area contributed by atoms with Gasteiger partial charge in [0.25, 0.3) is 0 Å². The lowest BCUT2D eigenvalue weighted by Crippen LogP contribution is -2.43. The van der Waals surface area contributed by atoms with Crippen molar-refractivity contribution in [2.75, 3.05) is 13.2 Å². The molecule has 34 heavy (non-hydrogen) atoms. The van der Waals surface area contributed by atoms with Gasteiger partial charge in [-0.3, -0.25) is 14.3 Å². The molecule has 172 valence electrons. The first kappa shape index (κ1) is 22.7. The van der Waals surface area contributed by atoms with Gasteiger partial charge in [-0.05, 0) is 17.7 Å². The second kappa shape index (κ2) is 8.59. The molecule has 0 N–H and O–H groups in total. The standard InChI is InChI=1S/C28H26NO4P/c1-27(2)19-32-34(31,33-20-27)28(23-14-7-4-8-15-23,26(30)22-12-5-3-6-13-22)25-18-17-21-11-9-10-16-24(21)29-25/h3-18H,19-20H2,1-2H3/t28-/m1/s1. The summed E-state index contributed by atoms with van der Waals surface area (Å²) in [5.41, 5.74) is 1.64. The van der Waals surface area contributed by atoms with Gasteiger partial charge in [-0.2, -0.15) is 0 Å². The first-order valence-corrected chi connectivity index (χ1v) is 12.8. The van der Waals surface area contributed by atoms with Crippen molar-refractivity contribution in [1.82, 2.24) is 4.98 Å². The lowest BCUT2D eigenvalue weighted by Gasteiger charge is -2.43. The van der Waals surface area contributed by atoms with Crippen LogP contribution < -0.4 is 0 Å². The third-order valence-corrected chi connectivity index (χ3v) is 8.64. The quantitative estimate of drug-likeness (QED) is 0.242. The van der Waals surface area contributed by atoms with Gasteiger partial charge in [0, 0.05) is 16.4 Å². The van der Waals surface area contributed by atoms with Crippen molar-refractivity contribution < 1.29 is 18.4 Å². The van der Waals surface area contributed by atoms with E-state index in [2.05, 4.69) is 0 Å². The van der Waals surface area contributed by atoms with Gasteiger partial charge in [-0.15, -0.1) is 0 Å². The van der Waals surface area contributed by atoms with Gasteiger partial charge >= 0.3 is 7.60 Å². The van der Waals surface area contributed by atoms with Gasteiger partial charge in [0.2, 0.25) is 5.16 Å². The Morgan fingerprint density at radius 2 is 1.41 bits per heavy atom. The summed E-state index contributed by atoms with van der Waals surface area (Å²) in [7, 11) is -4.09. The van der Waals surface area contributed by atoms with Crippen LogP contribution in [0.2, 0.25) is 0 Å². The zero-order valence-electron chi connectivity index (χ0n) is 19.2. The van der Waals surface area contributed by atoms with E-state index in [4.69, 9.17) is 14.0 Å². The van der Waals surface area contributed by atoms with Crippen molar-refractivity contribution in [3.05, 3.63) is 114 Å². The maximum absolute atomic E-state index is 14.8. The maximum Gasteiger partial charge on any atom is 0.355 e. The van der Waals surface area contributed by atoms with Gasteiger partial charge in [-0.25, -0.2) is 0 Å². The Kier molecular flexibility index (Phi) is 5.73. The second-order valence-electron chi connectivity index (χ2n) is 9.37. The minimum atomic E-state index is -4.09. The molecule has 1 aliphatic heterocycles. The van der Waals surface area contributed by atoms with Crippen LogP contribution in [0.15, 0.2) is 97.1 Å². The Morgan fingerprint density at radius 3 is 2.09 bits per heavy atom. The fourth-order valence-electron chi connectivity index (χ4n) is 4.36. The first-order chi connectivity index (χ1) is 16.4. The molecule has 2 heterocycles. The fraction of sp³-hybridized carbons (Fsp3) is 0.214. The van der Waals surface area contributed by atoms with Crippen molar-refractivity contribution in [3.63, 3.8) is 0 Å². The Hall–Kier alpha value is -3.11. The summed E-state index contributed by atoms with van der Waals surface area (Å²) in [6.07, 6.45) is 0. The number of hydrogen-bond acceptors (Lipinski definition) is 5. The summed E-state index contributed by atoms with van der Waals surface area (Å²) in [6.45, 7) is 4.37. The van der Waals surface area contributed by atoms with Crippen LogP contribution in [0.25, 0.3) is 10.9 Å². The summed E-state index contributed by atoms with van der Waals surface area (Å²) in [5.74, 6) is -0.370. The minimum absolute atomic E-state index is 0.203. The largest absolute Gasteiger partial charge is 0.355 e. The number of hydrogen-bond donors (Lipinski definition) is 0. The number of fused-ring (bicyclic) bond motifs is 1. The highest BCUT2D eigenvalue weighted by Gasteiger charge is 2.62. The molecule has 5 rings (SSSR count). The van der Waals surface area contributed by atoms with Crippen molar-refractivity contribution in [2.24, 2.45) is 5.41 Å². The average molecular weight is 471 g/mol. The van der Waals surface area contributed by atoms with Crippen LogP contribution in [0.3, 0.4) is 0 Å². The van der Waals surface area contributed by atoms with E-state index >= 15 is 0 Å². The van der Waals surface area contributed by atoms with Gasteiger partial charge in [0.05, 0.1) is 24.4 Å². The summed E-state index contributed by atoms with van der Waals surface area (Å²) < 4.78 is 27.0. The van der Waals surface area contributed by atoms with Crippen LogP contribution in [0.5, 0.6) is 0 Å². The van der Waals surface area contributed by atoms with Gasteiger partial charge in [0.15, 0.2) is 5.78 Å². The van der Waals surface area contributed by atoms with E-state index in [0.29, 0.717) is 22.3 Å². The van der Waals surface area contributed by atoms with E-state index in [0.717, 1.165) is 5.39 Å². The van der Waals surface area contributed by atoms with Crippen molar-refractivity contribution >= 4 is 24.3 Å². The van der Waals surface area contributed by atoms with Crippen LogP contribution in [0.1, 0.15) is 35.5 Å². The number of carbonyl (C=O) groups is 1. The molecule has 3 aromatic carbocycles. The van der Waals surface area contributed by atoms with Crippen molar-refractivity contribution in [2.45, 2.75) is 19.0 Å². The number of carbonyl (C=O) groups excluding carboxylic acids is 1. The molecule has 6 heteroatoms. The Balaban J connectivity index is 1.85. The number of Topliss-reactive ketones (excluding diaryl/α,β-unsaturated/α-hetero) is 1. The predicted octanol–water partition coefficient (Wildman–Crippen LogP) is 6.63. The molecule has 5 nitrogen and oxygen atoms in total. The van der Waals surface area contributed by atoms with Gasteiger partial charge in [-0.1, -0.05) is 98.8 Å². The highest BCUT2D eigenvalue weighted by molar-refractivity contribution is 7.56. The minimum Gasteiger partial charge on any atom is -0.307 e. The van der Waals surface area contributed by atoms with E-state index in [1.165, 1.54) is 0 Å². The van der Waals surface area contributed by atoms with Crippen LogP contribution >= 0.6 is 7.60 Å². The van der Waals surface area contributed by atoms with E-state index in [1.807, 2.05) is 68.4 Å². The Morgan fingerprint density at radius 1 is 0.824 bits per heavy atom. The molecular formula is C28H26NO4P. The summed E-state index contributed by atoms with van der Waals surface area (Å²) in [4.78, 5) is 19.4. The predicted molar refractivity (Wildman–Crippen MR) is 133 cm³/mol. The Labute approximate surface area is 199 Å². The SMILES string of the molecule is CC1(C)COP(=O)([C@](C(=O)c2ccccc2)(c2ccccc2)c2ccc3ccccc3n2)OC1. The van der Waals surface area contributed by atoms with Crippen molar-refractivity contribution in [1.29, 1.82) is 0 Å². The third kappa shape index (κ3) is 3.70. The molecule has 0 radical (unpaired) electrons. The summed E-state index contributed by atoms with van der Waals surface area (Å²) >= 11 is 0. The molecule has 1 fully saturated rings. The van der Waals surface area contributed by atoms with E-state index in [1.54, 1.807) is 42.5 Å². The van der Waals surface area contributed by atoms with Crippen LogP contribution in [0, 0.1) is 5.41 Å². The van der Waals surface area contributed by atoms with Crippen LogP contribution in [-0.4, -0.2) is 24.0 Å². The fourth-order valence-corrected chi connectivity index (χ4v) is 7.10. The Bertz CT molecular complexity index is 1370. The second-order valence-corrected chi connectivity index (χ2v) is 11.6. The third-order valence-electron chi connectivity index (χ3n) is 6.19. The zero-order chi connectivity index (χ0) is 23.8. The van der Waals surface area contributed by atoms with Crippen molar-refractivity contribution in [3.8, 4) is 0 Å². The number of nitrogens with zero attached hydrogens (tertiary/aromatic N) is 1. The molecule has 1 atom stereocenters. The molecule has 1 saturated heterocycles. The molecule has 1 aliphatic rings. The highest BCUT2D eigenvalue weighted by Crippen LogP contribution is 2.70. The molecule has 0 unspecified atom stereocenters. The van der Waals surface area contributed by atoms with Crippen LogP contribution in [0.4, 0.5) is 0 Å². The lowest BCUT2D eigenvalue weighted by atomic mass is 9.86. The molecule has 0 spiro atoms. The smallest absolute Gasteiger partial charge is 0.307 e. The monoisotopic (exact) mass is 471 g/mol. The molecule has 0 aliphatic carbocycles. The molecule has 0 amide bonds. The normalized spacial score (nSPS) is 18.8. The highest BCUT2D eigenvalue weighted by atomic mass is 31.2. The van der Waals surface area contributed by atoms with Crippen LogP contribution in [-0.2, 0) is 18.8 Å². The molecule has 4 aromatic rings.